The Bertz CT molecular complexity index is 714. The molecular formula is C13H12N4O2S. The molecule has 0 atom stereocenters. The fourth-order valence-electron chi connectivity index (χ4n) is 1.70. The van der Waals surface area contributed by atoms with E-state index >= 15 is 0 Å². The summed E-state index contributed by atoms with van der Waals surface area (Å²) in [5.41, 5.74) is 1.19. The Morgan fingerprint density at radius 1 is 1.50 bits per heavy atom. The van der Waals surface area contributed by atoms with E-state index in [1.165, 1.54) is 11.3 Å². The Balaban J connectivity index is 1.74. The zero-order valence-corrected chi connectivity index (χ0v) is 11.5. The number of rotatable bonds is 4. The molecule has 0 aliphatic heterocycles. The third kappa shape index (κ3) is 2.48. The van der Waals surface area contributed by atoms with Gasteiger partial charge in [0.25, 0.3) is 5.91 Å². The fourth-order valence-corrected chi connectivity index (χ4v) is 2.38. The quantitative estimate of drug-likeness (QED) is 0.773. The van der Waals surface area contributed by atoms with Gasteiger partial charge in [0.05, 0.1) is 4.88 Å². The number of aryl methyl sites for hydroxylation is 1. The van der Waals surface area contributed by atoms with Crippen molar-refractivity contribution in [3.63, 3.8) is 0 Å². The maximum absolute atomic E-state index is 12.0. The van der Waals surface area contributed by atoms with E-state index in [9.17, 15) is 4.79 Å². The van der Waals surface area contributed by atoms with Crippen molar-refractivity contribution in [1.29, 1.82) is 0 Å². The van der Waals surface area contributed by atoms with Gasteiger partial charge in [-0.05, 0) is 17.9 Å². The predicted octanol–water partition coefficient (Wildman–Crippen LogP) is 2.94. The molecule has 0 unspecified atom stereocenters. The summed E-state index contributed by atoms with van der Waals surface area (Å²) in [6.07, 6.45) is 0.829. The van der Waals surface area contributed by atoms with Crippen LogP contribution in [0.5, 0.6) is 0 Å². The van der Waals surface area contributed by atoms with Gasteiger partial charge in [-0.2, -0.15) is 5.10 Å². The first-order chi connectivity index (χ1) is 9.76. The van der Waals surface area contributed by atoms with Crippen molar-refractivity contribution >= 4 is 23.1 Å². The van der Waals surface area contributed by atoms with Gasteiger partial charge in [-0.25, -0.2) is 0 Å². The van der Waals surface area contributed by atoms with E-state index < -0.39 is 0 Å². The zero-order chi connectivity index (χ0) is 13.9. The van der Waals surface area contributed by atoms with E-state index in [-0.39, 0.29) is 11.6 Å². The lowest BCUT2D eigenvalue weighted by Crippen LogP contribution is -2.12. The number of aromatic nitrogens is 3. The molecule has 0 saturated carbocycles. The molecule has 3 heterocycles. The van der Waals surface area contributed by atoms with Crippen molar-refractivity contribution in [3.8, 4) is 10.6 Å². The summed E-state index contributed by atoms with van der Waals surface area (Å²) in [6.45, 7) is 2.00. The number of carbonyl (C=O) groups excluding carboxylic acids is 1. The first-order valence-electron chi connectivity index (χ1n) is 6.12. The van der Waals surface area contributed by atoms with E-state index in [1.807, 2.05) is 24.4 Å². The molecule has 20 heavy (non-hydrogen) atoms. The molecule has 0 aliphatic rings. The first-order valence-corrected chi connectivity index (χ1v) is 7.00. The molecule has 0 fully saturated rings. The summed E-state index contributed by atoms with van der Waals surface area (Å²) in [6, 6.07) is 7.24. The summed E-state index contributed by atoms with van der Waals surface area (Å²) in [7, 11) is 0. The van der Waals surface area contributed by atoms with Gasteiger partial charge in [-0.15, -0.1) is 11.3 Å². The van der Waals surface area contributed by atoms with Gasteiger partial charge >= 0.3 is 0 Å². The number of hydrogen-bond donors (Lipinski definition) is 2. The van der Waals surface area contributed by atoms with Crippen LogP contribution < -0.4 is 5.32 Å². The lowest BCUT2D eigenvalue weighted by atomic mass is 10.3. The second kappa shape index (κ2) is 5.30. The minimum Gasteiger partial charge on any atom is -0.355 e. The molecule has 6 nitrogen and oxygen atoms in total. The van der Waals surface area contributed by atoms with Gasteiger partial charge in [0.15, 0.2) is 17.3 Å². The summed E-state index contributed by atoms with van der Waals surface area (Å²) in [4.78, 5) is 12.9. The third-order valence-corrected chi connectivity index (χ3v) is 3.64. The number of amides is 1. The van der Waals surface area contributed by atoms with Crippen LogP contribution in [0.1, 0.15) is 23.1 Å². The maximum Gasteiger partial charge on any atom is 0.279 e. The minimum atomic E-state index is -0.342. The van der Waals surface area contributed by atoms with Crippen LogP contribution in [0, 0.1) is 0 Å². The first kappa shape index (κ1) is 12.6. The summed E-state index contributed by atoms with van der Waals surface area (Å²) in [5, 5.41) is 15.2. The van der Waals surface area contributed by atoms with Crippen LogP contribution in [-0.4, -0.2) is 21.3 Å². The van der Waals surface area contributed by atoms with Crippen LogP contribution in [0.3, 0.4) is 0 Å². The standard InChI is InChI=1S/C13H12N4O2S/c1-2-8-6-12(16-15-8)14-13(18)9-7-10(19-17-9)11-4-3-5-20-11/h3-7H,2H2,1H3,(H2,14,15,16,18). The van der Waals surface area contributed by atoms with Crippen LogP contribution in [0.15, 0.2) is 34.2 Å². The highest BCUT2D eigenvalue weighted by Crippen LogP contribution is 2.25. The highest BCUT2D eigenvalue weighted by molar-refractivity contribution is 7.13. The molecule has 1 amide bonds. The lowest BCUT2D eigenvalue weighted by Gasteiger charge is -1.95. The molecule has 7 heteroatoms. The van der Waals surface area contributed by atoms with Crippen molar-refractivity contribution in [3.05, 3.63) is 41.0 Å². The van der Waals surface area contributed by atoms with Crippen molar-refractivity contribution in [2.24, 2.45) is 0 Å². The van der Waals surface area contributed by atoms with Gasteiger partial charge in [0, 0.05) is 17.8 Å². The molecule has 0 radical (unpaired) electrons. The monoisotopic (exact) mass is 288 g/mol. The SMILES string of the molecule is CCc1cc(NC(=O)c2cc(-c3cccs3)on2)n[nH]1. The van der Waals surface area contributed by atoms with Crippen molar-refractivity contribution in [2.45, 2.75) is 13.3 Å². The number of anilines is 1. The molecule has 0 aliphatic carbocycles. The highest BCUT2D eigenvalue weighted by Gasteiger charge is 2.15. The van der Waals surface area contributed by atoms with Gasteiger partial charge in [-0.1, -0.05) is 18.1 Å². The van der Waals surface area contributed by atoms with E-state index in [0.29, 0.717) is 11.6 Å². The van der Waals surface area contributed by atoms with Crippen LogP contribution in [-0.2, 0) is 6.42 Å². The Kier molecular flexibility index (Phi) is 3.34. The van der Waals surface area contributed by atoms with Crippen LogP contribution in [0.2, 0.25) is 0 Å². The highest BCUT2D eigenvalue weighted by atomic mass is 32.1. The van der Waals surface area contributed by atoms with E-state index in [2.05, 4.69) is 20.7 Å². The number of aromatic amines is 1. The number of H-pyrrole nitrogens is 1. The zero-order valence-electron chi connectivity index (χ0n) is 10.7. The molecule has 0 aromatic carbocycles. The summed E-state index contributed by atoms with van der Waals surface area (Å²) in [5.74, 6) is 0.722. The summed E-state index contributed by atoms with van der Waals surface area (Å²) >= 11 is 1.53. The topological polar surface area (TPSA) is 83.8 Å². The number of nitrogens with zero attached hydrogens (tertiary/aromatic N) is 2. The molecule has 2 N–H and O–H groups in total. The van der Waals surface area contributed by atoms with Crippen molar-refractivity contribution < 1.29 is 9.32 Å². The Morgan fingerprint density at radius 3 is 3.10 bits per heavy atom. The lowest BCUT2D eigenvalue weighted by molar-refractivity contribution is 0.101. The van der Waals surface area contributed by atoms with Crippen molar-refractivity contribution in [1.82, 2.24) is 15.4 Å². The number of thiophene rings is 1. The third-order valence-electron chi connectivity index (χ3n) is 2.76. The van der Waals surface area contributed by atoms with Crippen LogP contribution in [0.25, 0.3) is 10.6 Å². The second-order valence-electron chi connectivity index (χ2n) is 4.14. The minimum absolute atomic E-state index is 0.231. The normalized spacial score (nSPS) is 10.7. The Labute approximate surface area is 118 Å². The molecular weight excluding hydrogens is 276 g/mol. The molecule has 102 valence electrons. The molecule has 3 rings (SSSR count). The number of nitrogens with one attached hydrogen (secondary N) is 2. The number of carbonyl (C=O) groups is 1. The predicted molar refractivity (Wildman–Crippen MR) is 75.7 cm³/mol. The van der Waals surface area contributed by atoms with E-state index in [4.69, 9.17) is 4.52 Å². The number of hydrogen-bond acceptors (Lipinski definition) is 5. The Hall–Kier alpha value is -2.41. The van der Waals surface area contributed by atoms with Crippen molar-refractivity contribution in [2.75, 3.05) is 5.32 Å². The average Bonchev–Trinajstić information content (AvgIpc) is 3.19. The van der Waals surface area contributed by atoms with E-state index in [0.717, 1.165) is 17.0 Å². The smallest absolute Gasteiger partial charge is 0.279 e. The second-order valence-corrected chi connectivity index (χ2v) is 5.09. The molecule has 0 saturated heterocycles. The average molecular weight is 288 g/mol. The van der Waals surface area contributed by atoms with Crippen LogP contribution in [0.4, 0.5) is 5.82 Å². The fraction of sp³-hybridized carbons (Fsp3) is 0.154. The van der Waals surface area contributed by atoms with Gasteiger partial charge in [0.2, 0.25) is 0 Å². The molecule has 3 aromatic rings. The molecule has 0 spiro atoms. The van der Waals surface area contributed by atoms with Gasteiger partial charge in [-0.3, -0.25) is 9.89 Å². The largest absolute Gasteiger partial charge is 0.355 e. The summed E-state index contributed by atoms with van der Waals surface area (Å²) < 4.78 is 5.17. The Morgan fingerprint density at radius 2 is 2.40 bits per heavy atom. The van der Waals surface area contributed by atoms with Gasteiger partial charge < -0.3 is 9.84 Å². The van der Waals surface area contributed by atoms with E-state index in [1.54, 1.807) is 12.1 Å². The molecule has 0 bridgehead atoms. The maximum atomic E-state index is 12.0. The molecule has 3 aromatic heterocycles. The van der Waals surface area contributed by atoms with Gasteiger partial charge in [0.1, 0.15) is 0 Å². The van der Waals surface area contributed by atoms with Crippen LogP contribution >= 0.6 is 11.3 Å².